The number of fused-ring (bicyclic) bond motifs is 3. The number of benzene rings is 6. The Bertz CT molecular complexity index is 1710. The normalized spacial score (nSPS) is 7.95. The summed E-state index contributed by atoms with van der Waals surface area (Å²) in [6.45, 7) is 18.1. The second-order valence-electron chi connectivity index (χ2n) is 10.1. The molecule has 0 spiro atoms. The maximum atomic E-state index is 4.33. The molecule has 0 fully saturated rings. The number of hydrogen-bond donors (Lipinski definition) is 0. The van der Waals surface area contributed by atoms with Gasteiger partial charge in [0.05, 0.1) is 45.7 Å². The number of hydrogen-bond acceptors (Lipinski definition) is 6. The molecule has 3 nitrogen and oxygen atoms in total. The van der Waals surface area contributed by atoms with Gasteiger partial charge in [0.25, 0.3) is 0 Å². The van der Waals surface area contributed by atoms with Crippen LogP contribution < -0.4 is 0 Å². The van der Waals surface area contributed by atoms with Crippen molar-refractivity contribution in [2.75, 3.05) is 0 Å². The number of aromatic nitrogens is 3. The summed E-state index contributed by atoms with van der Waals surface area (Å²) in [6, 6.07) is 60.6. The minimum atomic E-state index is 0. The molecular weight excluding hydrogens is 904 g/mol. The Morgan fingerprint density at radius 1 is 0.267 bits per heavy atom. The van der Waals surface area contributed by atoms with Gasteiger partial charge >= 0.3 is 0 Å². The molecule has 0 aliphatic heterocycles. The molecule has 6 aromatic carbocycles. The van der Waals surface area contributed by atoms with Gasteiger partial charge in [0.1, 0.15) is 0 Å². The molecule has 0 saturated carbocycles. The molecule has 0 aliphatic carbocycles. The van der Waals surface area contributed by atoms with Gasteiger partial charge in [-0.15, -0.1) is 34.0 Å². The molecule has 3 aromatic heterocycles. The molecule has 0 bridgehead atoms. The summed E-state index contributed by atoms with van der Waals surface area (Å²) in [5.74, 6) is 0. The van der Waals surface area contributed by atoms with Crippen LogP contribution in [0.25, 0.3) is 30.6 Å². The first kappa shape index (κ1) is 68.5. The Hall–Kier alpha value is -3.26. The third-order valence-corrected chi connectivity index (χ3v) is 9.06. The van der Waals surface area contributed by atoms with E-state index in [1.807, 2.05) is 226 Å². The third-order valence-electron chi connectivity index (χ3n) is 6.20. The van der Waals surface area contributed by atoms with E-state index < -0.39 is 0 Å². The van der Waals surface area contributed by atoms with Crippen molar-refractivity contribution in [3.63, 3.8) is 0 Å². The van der Waals surface area contributed by atoms with Crippen molar-refractivity contribution in [2.45, 2.75) is 62.3 Å². The van der Waals surface area contributed by atoms with Crippen LogP contribution in [0.2, 0.25) is 0 Å². The Morgan fingerprint density at radius 3 is 0.567 bits per heavy atom. The van der Waals surface area contributed by atoms with Crippen molar-refractivity contribution < 1.29 is 55.7 Å². The van der Waals surface area contributed by atoms with Gasteiger partial charge in [-0.05, 0) is 57.2 Å². The van der Waals surface area contributed by atoms with Crippen LogP contribution in [-0.4, -0.2) is 15.0 Å². The first-order chi connectivity index (χ1) is 26.6. The van der Waals surface area contributed by atoms with E-state index in [1.165, 1.54) is 14.1 Å². The quantitative estimate of drug-likeness (QED) is 0.142. The van der Waals surface area contributed by atoms with Gasteiger partial charge in [-0.2, -0.15) is 0 Å². The summed E-state index contributed by atoms with van der Waals surface area (Å²) >= 11 is 5.22. The molecule has 9 aromatic rings. The predicted octanol–water partition coefficient (Wildman–Crippen LogP) is 17.3. The number of para-hydroxylation sites is 3. The molecule has 3 heterocycles. The van der Waals surface area contributed by atoms with E-state index in [4.69, 9.17) is 0 Å². The van der Waals surface area contributed by atoms with E-state index in [0.29, 0.717) is 0 Å². The smallest absolute Gasteiger partial charge is 0.0907 e. The molecule has 321 valence electrons. The summed E-state index contributed by atoms with van der Waals surface area (Å²) in [4.78, 5) is 13.0. The minimum absolute atomic E-state index is 0. The van der Waals surface area contributed by atoms with Crippen LogP contribution >= 0.6 is 34.0 Å². The summed E-state index contributed by atoms with van der Waals surface area (Å²) in [5.41, 5.74) is 3.35. The van der Waals surface area contributed by atoms with Crippen molar-refractivity contribution in [1.29, 1.82) is 0 Å². The molecule has 0 unspecified atom stereocenters. The Kier molecular flexibility index (Phi) is 53.4. The van der Waals surface area contributed by atoms with Crippen LogP contribution in [0.5, 0.6) is 0 Å². The average molecular weight is 970 g/mol. The fourth-order valence-corrected chi connectivity index (χ4v) is 6.60. The zero-order valence-corrected chi connectivity index (χ0v) is 44.4. The summed E-state index contributed by atoms with van der Waals surface area (Å²) < 4.78 is 3.83. The first-order valence-electron chi connectivity index (χ1n) is 18.5. The third kappa shape index (κ3) is 30.7. The second kappa shape index (κ2) is 46.8. The summed E-state index contributed by atoms with van der Waals surface area (Å²) in [7, 11) is 0. The Labute approximate surface area is 413 Å². The number of aryl methyl sites for hydroxylation is 3. The molecule has 60 heavy (non-hydrogen) atoms. The van der Waals surface area contributed by atoms with E-state index in [0.717, 1.165) is 31.6 Å². The number of rotatable bonds is 0. The van der Waals surface area contributed by atoms with E-state index in [2.05, 4.69) is 33.2 Å². The predicted molar refractivity (Wildman–Crippen MR) is 266 cm³/mol. The molecule has 3 radical (unpaired) electrons. The van der Waals surface area contributed by atoms with E-state index >= 15 is 0 Å². The zero-order valence-electron chi connectivity index (χ0n) is 37.7. The van der Waals surface area contributed by atoms with Crippen LogP contribution in [0, 0.1) is 43.1 Å². The fourth-order valence-electron chi connectivity index (χ4n) is 4.12. The maximum absolute atomic E-state index is 4.33. The fraction of sp³-hybridized carbons (Fsp3) is 0.176. The van der Waals surface area contributed by atoms with Gasteiger partial charge in [0.15, 0.2) is 0 Å². The van der Waals surface area contributed by atoms with Gasteiger partial charge < -0.3 is 22.3 Å². The molecule has 0 saturated heterocycles. The van der Waals surface area contributed by atoms with Crippen LogP contribution in [-0.2, 0) is 55.7 Å². The van der Waals surface area contributed by atoms with Crippen LogP contribution in [0.4, 0.5) is 0 Å². The summed E-state index contributed by atoms with van der Waals surface area (Å²) in [5, 5.41) is 3.42. The van der Waals surface area contributed by atoms with Crippen molar-refractivity contribution in [1.82, 2.24) is 15.0 Å². The monoisotopic (exact) mass is 969 g/mol. The van der Waals surface area contributed by atoms with Crippen molar-refractivity contribution in [2.24, 2.45) is 0 Å². The molecule has 9 rings (SSSR count). The average Bonchev–Trinajstić information content (AvgIpc) is 3.97. The molecule has 0 aliphatic rings. The van der Waals surface area contributed by atoms with Gasteiger partial charge in [0, 0.05) is 55.7 Å². The number of thiazole rings is 3. The maximum Gasteiger partial charge on any atom is 0.0907 e. The molecule has 0 N–H and O–H groups in total. The van der Waals surface area contributed by atoms with Gasteiger partial charge in [-0.3, -0.25) is 0 Å². The molecular formula is C51H66N3S3V3-3. The van der Waals surface area contributed by atoms with Crippen molar-refractivity contribution >= 4 is 64.7 Å². The van der Waals surface area contributed by atoms with Gasteiger partial charge in [-0.25, -0.2) is 15.0 Å². The van der Waals surface area contributed by atoms with Gasteiger partial charge in [0.2, 0.25) is 0 Å². The summed E-state index contributed by atoms with van der Waals surface area (Å²) in [6.07, 6.45) is 0. The second-order valence-corrected chi connectivity index (χ2v) is 13.8. The zero-order chi connectivity index (χ0) is 39.7. The first-order valence-corrected chi connectivity index (χ1v) is 21.0. The SMILES string of the molecule is CC.CC.CC.Cc1nc2ccccc2s1.Cc1nc2ccccc2s1.Cc1nc2ccccc2s1.[CH3-].[CH3-].[CH3-].[V].[V].[V].c1ccccc1.c1ccccc1.c1ccccc1. The van der Waals surface area contributed by atoms with Crippen molar-refractivity contribution in [3.05, 3.63) is 219 Å². The van der Waals surface area contributed by atoms with Crippen LogP contribution in [0.3, 0.4) is 0 Å². The molecule has 9 heteroatoms. The Balaban J connectivity index is -0.000000141. The molecule has 0 atom stereocenters. The topological polar surface area (TPSA) is 38.7 Å². The largest absolute Gasteiger partial charge is 0.358 e. The minimum Gasteiger partial charge on any atom is -0.358 e. The van der Waals surface area contributed by atoms with E-state index in [-0.39, 0.29) is 77.9 Å². The number of nitrogens with zero attached hydrogens (tertiary/aromatic N) is 3. The van der Waals surface area contributed by atoms with Gasteiger partial charge in [-0.1, -0.05) is 187 Å². The van der Waals surface area contributed by atoms with E-state index in [1.54, 1.807) is 34.0 Å². The standard InChI is InChI=1S/3C8H7NS.3C6H6.3C2H6.3CH3.3V/c3*1-6-9-7-4-2-3-5-8(7)10-6;3*1-2-4-6-5-3-1;3*1-2;;;;;;/h3*2-5H,1H3;3*1-6H;3*1-2H3;3*1H3;;;/q;;;;;;;;;3*-1;;;. The van der Waals surface area contributed by atoms with E-state index in [9.17, 15) is 0 Å². The molecule has 0 amide bonds. The van der Waals surface area contributed by atoms with Crippen LogP contribution in [0.15, 0.2) is 182 Å². The Morgan fingerprint density at radius 2 is 0.417 bits per heavy atom. The van der Waals surface area contributed by atoms with Crippen molar-refractivity contribution in [3.8, 4) is 0 Å². The van der Waals surface area contributed by atoms with Crippen LogP contribution in [0.1, 0.15) is 56.6 Å².